The van der Waals surface area contributed by atoms with Crippen molar-refractivity contribution < 1.29 is 4.74 Å². The zero-order chi connectivity index (χ0) is 21.0. The number of nitrogens with zero attached hydrogens (tertiary/aromatic N) is 1. The molecule has 2 heteroatoms. The van der Waals surface area contributed by atoms with Crippen LogP contribution in [0.3, 0.4) is 0 Å². The van der Waals surface area contributed by atoms with Gasteiger partial charge in [-0.25, -0.2) is 4.74 Å². The van der Waals surface area contributed by atoms with E-state index in [2.05, 4.69) is 41.5 Å². The lowest BCUT2D eigenvalue weighted by Crippen LogP contribution is -2.56. The maximum Gasteiger partial charge on any atom is 0.169 e. The molecule has 1 aliphatic heterocycles. The van der Waals surface area contributed by atoms with Gasteiger partial charge in [-0.05, 0) is 93.3 Å². The molecule has 8 atom stereocenters. The fourth-order valence-electron chi connectivity index (χ4n) is 8.89. The van der Waals surface area contributed by atoms with Gasteiger partial charge in [-0.2, -0.15) is 0 Å². The van der Waals surface area contributed by atoms with Gasteiger partial charge in [0.2, 0.25) is 0 Å². The summed E-state index contributed by atoms with van der Waals surface area (Å²) in [5.74, 6) is 5.21. The fourth-order valence-corrected chi connectivity index (χ4v) is 8.89. The van der Waals surface area contributed by atoms with Crippen LogP contribution in [0, 0.1) is 51.5 Å². The fraction of sp³-hybridized carbons (Fsp3) is 0.963. The van der Waals surface area contributed by atoms with Crippen LogP contribution in [0.4, 0.5) is 0 Å². The van der Waals surface area contributed by atoms with Crippen LogP contribution in [-0.2, 0) is 0 Å². The maximum absolute atomic E-state index is 12.9. The van der Waals surface area contributed by atoms with Crippen molar-refractivity contribution in [1.29, 1.82) is 0 Å². The summed E-state index contributed by atoms with van der Waals surface area (Å²) in [4.78, 5) is 0. The van der Waals surface area contributed by atoms with Gasteiger partial charge in [0.15, 0.2) is 11.8 Å². The third-order valence-corrected chi connectivity index (χ3v) is 10.6. The molecule has 3 saturated carbocycles. The van der Waals surface area contributed by atoms with E-state index in [1.165, 1.54) is 68.2 Å². The van der Waals surface area contributed by atoms with Gasteiger partial charge < -0.3 is 5.21 Å². The number of hydroxylamine groups is 1. The molecule has 1 heterocycles. The van der Waals surface area contributed by atoms with Crippen molar-refractivity contribution in [3.05, 3.63) is 5.21 Å². The van der Waals surface area contributed by atoms with Crippen LogP contribution < -0.4 is 0 Å². The minimum absolute atomic E-state index is 0.194. The minimum Gasteiger partial charge on any atom is -0.624 e. The molecule has 0 amide bonds. The first-order chi connectivity index (χ1) is 13.7. The van der Waals surface area contributed by atoms with Crippen LogP contribution in [0.2, 0.25) is 0 Å². The second-order valence-corrected chi connectivity index (χ2v) is 12.5. The lowest BCUT2D eigenvalue weighted by molar-refractivity contribution is -0.511. The zero-order valence-corrected chi connectivity index (χ0v) is 20.2. The lowest BCUT2D eigenvalue weighted by atomic mass is 9.47. The Morgan fingerprint density at radius 2 is 1.72 bits per heavy atom. The van der Waals surface area contributed by atoms with Crippen molar-refractivity contribution in [1.82, 2.24) is 0 Å². The zero-order valence-electron chi connectivity index (χ0n) is 20.2. The highest BCUT2D eigenvalue weighted by molar-refractivity contribution is 5.87. The average Bonchev–Trinajstić information content (AvgIpc) is 3.02. The normalized spacial score (nSPS) is 45.7. The molecule has 0 aromatic heterocycles. The highest BCUT2D eigenvalue weighted by atomic mass is 16.5. The molecule has 0 radical (unpaired) electrons. The summed E-state index contributed by atoms with van der Waals surface area (Å²) < 4.78 is 1.45. The Morgan fingerprint density at radius 1 is 0.966 bits per heavy atom. The monoisotopic (exact) mass is 401 g/mol. The summed E-state index contributed by atoms with van der Waals surface area (Å²) in [6.45, 7) is 14.6. The molecular weight excluding hydrogens is 354 g/mol. The number of rotatable bonds is 5. The van der Waals surface area contributed by atoms with Gasteiger partial charge in [0.25, 0.3) is 0 Å². The molecule has 1 unspecified atom stereocenters. The lowest BCUT2D eigenvalue weighted by Gasteiger charge is -2.57. The third-order valence-electron chi connectivity index (χ3n) is 10.6. The standard InChI is InChI=1S/C27H47NO/c1-18(2)8-7-9-19(3)22-11-12-23-21-10-13-25-27(6,16-14-20(4)28(25)29)24(21)15-17-26(22,23)5/h18-24H,7-17H2,1-6H3/t19-,20?,21+,22-,23+,24+,26-,27-/m1/s1. The molecule has 2 nitrogen and oxygen atoms in total. The van der Waals surface area contributed by atoms with Crippen molar-refractivity contribution in [2.24, 2.45) is 46.3 Å². The second kappa shape index (κ2) is 7.86. The molecule has 4 rings (SSSR count). The topological polar surface area (TPSA) is 26.1 Å². The van der Waals surface area contributed by atoms with Crippen molar-refractivity contribution >= 4 is 5.71 Å². The van der Waals surface area contributed by atoms with Crippen molar-refractivity contribution in [3.8, 4) is 0 Å². The Kier molecular flexibility index (Phi) is 5.88. The highest BCUT2D eigenvalue weighted by Gasteiger charge is 2.61. The van der Waals surface area contributed by atoms with Gasteiger partial charge in [0, 0.05) is 12.8 Å². The van der Waals surface area contributed by atoms with Crippen molar-refractivity contribution in [3.63, 3.8) is 0 Å². The van der Waals surface area contributed by atoms with Gasteiger partial charge in [-0.15, -0.1) is 0 Å². The molecule has 166 valence electrons. The van der Waals surface area contributed by atoms with Crippen molar-refractivity contribution in [2.75, 3.05) is 0 Å². The molecule has 0 aromatic carbocycles. The third kappa shape index (κ3) is 3.49. The maximum atomic E-state index is 12.9. The van der Waals surface area contributed by atoms with Crippen LogP contribution >= 0.6 is 0 Å². The quantitative estimate of drug-likeness (QED) is 0.347. The van der Waals surface area contributed by atoms with E-state index in [4.69, 9.17) is 0 Å². The number of fused-ring (bicyclic) bond motifs is 5. The van der Waals surface area contributed by atoms with Crippen LogP contribution in [0.1, 0.15) is 112 Å². The smallest absolute Gasteiger partial charge is 0.169 e. The Balaban J connectivity index is 1.51. The largest absolute Gasteiger partial charge is 0.624 e. The molecule has 0 N–H and O–H groups in total. The summed E-state index contributed by atoms with van der Waals surface area (Å²) in [6, 6.07) is 0.200. The van der Waals surface area contributed by atoms with Crippen LogP contribution in [-0.4, -0.2) is 16.5 Å². The first kappa shape index (κ1) is 21.7. The summed E-state index contributed by atoms with van der Waals surface area (Å²) in [5, 5.41) is 12.9. The predicted molar refractivity (Wildman–Crippen MR) is 123 cm³/mol. The van der Waals surface area contributed by atoms with Gasteiger partial charge in [-0.1, -0.05) is 47.0 Å². The molecular formula is C27H47NO. The van der Waals surface area contributed by atoms with Gasteiger partial charge in [0.05, 0.1) is 5.41 Å². The number of hydrogen-bond donors (Lipinski definition) is 0. The van der Waals surface area contributed by atoms with E-state index in [-0.39, 0.29) is 11.5 Å². The van der Waals surface area contributed by atoms with Gasteiger partial charge in [0.1, 0.15) is 0 Å². The van der Waals surface area contributed by atoms with E-state index in [1.54, 1.807) is 0 Å². The summed E-state index contributed by atoms with van der Waals surface area (Å²) in [7, 11) is 0. The van der Waals surface area contributed by atoms with Crippen molar-refractivity contribution in [2.45, 2.75) is 118 Å². The van der Waals surface area contributed by atoms with E-state index < -0.39 is 0 Å². The van der Waals surface area contributed by atoms with Crippen LogP contribution in [0.15, 0.2) is 0 Å². The number of hydrogen-bond acceptors (Lipinski definition) is 1. The predicted octanol–water partition coefficient (Wildman–Crippen LogP) is 7.44. The summed E-state index contributed by atoms with van der Waals surface area (Å²) in [5.41, 5.74) is 2.03. The van der Waals surface area contributed by atoms with Crippen LogP contribution in [0.25, 0.3) is 0 Å². The summed E-state index contributed by atoms with van der Waals surface area (Å²) >= 11 is 0. The molecule has 29 heavy (non-hydrogen) atoms. The second-order valence-electron chi connectivity index (χ2n) is 12.5. The molecule has 0 bridgehead atoms. The Morgan fingerprint density at radius 3 is 2.45 bits per heavy atom. The first-order valence-electron chi connectivity index (χ1n) is 13.0. The van der Waals surface area contributed by atoms with E-state index in [9.17, 15) is 5.21 Å². The molecule has 4 aliphatic rings. The van der Waals surface area contributed by atoms with E-state index in [0.29, 0.717) is 5.41 Å². The SMILES string of the molecule is CC(C)CCC[C@@H](C)[C@H]1CC[C@H]2[C@@H]3CCC4=[N+]([O-])C(C)CC[C@]4(C)[C@H]3CC[C@]12C. The Hall–Kier alpha value is -0.530. The molecule has 3 fully saturated rings. The van der Waals surface area contributed by atoms with Crippen LogP contribution in [0.5, 0.6) is 0 Å². The molecule has 0 aromatic rings. The van der Waals surface area contributed by atoms with Gasteiger partial charge >= 0.3 is 0 Å². The average molecular weight is 402 g/mol. The van der Waals surface area contributed by atoms with E-state index in [0.717, 1.165) is 48.3 Å². The Labute approximate surface area is 180 Å². The van der Waals surface area contributed by atoms with E-state index >= 15 is 0 Å². The molecule has 0 saturated heterocycles. The van der Waals surface area contributed by atoms with E-state index in [1.807, 2.05) is 0 Å². The molecule has 3 aliphatic carbocycles. The van der Waals surface area contributed by atoms with Gasteiger partial charge in [-0.3, -0.25) is 0 Å². The first-order valence-corrected chi connectivity index (χ1v) is 13.0. The molecule has 0 spiro atoms. The Bertz CT molecular complexity index is 638. The minimum atomic E-state index is 0.194. The summed E-state index contributed by atoms with van der Waals surface area (Å²) in [6.07, 6.45) is 14.6. The highest BCUT2D eigenvalue weighted by Crippen LogP contribution is 2.66.